The monoisotopic (exact) mass is 228 g/mol. The number of rotatable bonds is 4. The van der Waals surface area contributed by atoms with Gasteiger partial charge in [-0.3, -0.25) is 4.98 Å². The Hall–Kier alpha value is -1.89. The van der Waals surface area contributed by atoms with E-state index in [2.05, 4.69) is 21.9 Å². The van der Waals surface area contributed by atoms with Crippen molar-refractivity contribution >= 4 is 5.82 Å². The molecule has 1 saturated carbocycles. The zero-order chi connectivity index (χ0) is 12.1. The van der Waals surface area contributed by atoms with Gasteiger partial charge in [0.15, 0.2) is 5.69 Å². The second-order valence-corrected chi connectivity index (χ2v) is 4.51. The standard InChI is InChI=1S/C13H16N4/c1-2-5-13(6-3-4-7-13)17-12-10-15-9-11(8-14)16-12/h2,9-10H,1,3-7H2,(H,16,17). The van der Waals surface area contributed by atoms with E-state index >= 15 is 0 Å². The molecule has 0 bridgehead atoms. The number of nitrogens with zero attached hydrogens (tertiary/aromatic N) is 3. The van der Waals surface area contributed by atoms with Crippen molar-refractivity contribution in [3.63, 3.8) is 0 Å². The minimum atomic E-state index is 0.0600. The van der Waals surface area contributed by atoms with Gasteiger partial charge in [0.25, 0.3) is 0 Å². The third kappa shape index (κ3) is 2.62. The van der Waals surface area contributed by atoms with Gasteiger partial charge in [0.1, 0.15) is 11.9 Å². The minimum absolute atomic E-state index is 0.0600. The topological polar surface area (TPSA) is 61.6 Å². The van der Waals surface area contributed by atoms with Crippen LogP contribution in [0.25, 0.3) is 0 Å². The molecule has 1 N–H and O–H groups in total. The van der Waals surface area contributed by atoms with Gasteiger partial charge in [-0.25, -0.2) is 4.98 Å². The smallest absolute Gasteiger partial charge is 0.161 e. The van der Waals surface area contributed by atoms with Crippen molar-refractivity contribution in [2.24, 2.45) is 0 Å². The molecule has 1 heterocycles. The highest BCUT2D eigenvalue weighted by Gasteiger charge is 2.32. The zero-order valence-corrected chi connectivity index (χ0v) is 9.82. The van der Waals surface area contributed by atoms with Crippen LogP contribution in [0.15, 0.2) is 25.0 Å². The van der Waals surface area contributed by atoms with E-state index in [0.717, 1.165) is 19.3 Å². The summed E-state index contributed by atoms with van der Waals surface area (Å²) < 4.78 is 0. The Bertz CT molecular complexity index is 441. The van der Waals surface area contributed by atoms with Crippen molar-refractivity contribution in [1.29, 1.82) is 5.26 Å². The highest BCUT2D eigenvalue weighted by Crippen LogP contribution is 2.35. The molecule has 17 heavy (non-hydrogen) atoms. The van der Waals surface area contributed by atoms with Gasteiger partial charge >= 0.3 is 0 Å². The highest BCUT2D eigenvalue weighted by molar-refractivity contribution is 5.38. The van der Waals surface area contributed by atoms with Crippen LogP contribution >= 0.6 is 0 Å². The average molecular weight is 228 g/mol. The largest absolute Gasteiger partial charge is 0.363 e. The third-order valence-electron chi connectivity index (χ3n) is 3.24. The number of hydrogen-bond acceptors (Lipinski definition) is 4. The quantitative estimate of drug-likeness (QED) is 0.805. The fraction of sp³-hybridized carbons (Fsp3) is 0.462. The van der Waals surface area contributed by atoms with E-state index in [1.807, 2.05) is 12.1 Å². The fourth-order valence-corrected chi connectivity index (χ4v) is 2.46. The molecular weight excluding hydrogens is 212 g/mol. The van der Waals surface area contributed by atoms with E-state index in [4.69, 9.17) is 5.26 Å². The van der Waals surface area contributed by atoms with Crippen molar-refractivity contribution in [1.82, 2.24) is 9.97 Å². The van der Waals surface area contributed by atoms with Crippen molar-refractivity contribution in [3.05, 3.63) is 30.7 Å². The molecule has 88 valence electrons. The molecule has 0 amide bonds. The Balaban J connectivity index is 2.17. The van der Waals surface area contributed by atoms with E-state index in [1.54, 1.807) is 6.20 Å². The molecule has 1 fully saturated rings. The number of aromatic nitrogens is 2. The Morgan fingerprint density at radius 3 is 2.88 bits per heavy atom. The summed E-state index contributed by atoms with van der Waals surface area (Å²) in [6, 6.07) is 2.00. The first kappa shape index (κ1) is 11.6. The molecule has 0 aromatic carbocycles. The van der Waals surface area contributed by atoms with E-state index < -0.39 is 0 Å². The lowest BCUT2D eigenvalue weighted by Gasteiger charge is -2.29. The first-order valence-electron chi connectivity index (χ1n) is 5.89. The molecule has 1 aromatic heterocycles. The lowest BCUT2D eigenvalue weighted by molar-refractivity contribution is 0.486. The van der Waals surface area contributed by atoms with E-state index in [1.165, 1.54) is 19.0 Å². The van der Waals surface area contributed by atoms with Crippen LogP contribution in [0.3, 0.4) is 0 Å². The first-order chi connectivity index (χ1) is 8.28. The Morgan fingerprint density at radius 1 is 1.47 bits per heavy atom. The molecule has 1 aliphatic carbocycles. The van der Waals surface area contributed by atoms with Crippen LogP contribution in [0.5, 0.6) is 0 Å². The SMILES string of the molecule is C=CCC1(Nc2cncc(C#N)n2)CCCC1. The second-order valence-electron chi connectivity index (χ2n) is 4.51. The molecule has 0 unspecified atom stereocenters. The lowest BCUT2D eigenvalue weighted by Crippen LogP contribution is -2.34. The van der Waals surface area contributed by atoms with Gasteiger partial charge in [-0.1, -0.05) is 18.9 Å². The van der Waals surface area contributed by atoms with E-state index in [9.17, 15) is 0 Å². The van der Waals surface area contributed by atoms with E-state index in [0.29, 0.717) is 11.5 Å². The number of nitriles is 1. The fourth-order valence-electron chi connectivity index (χ4n) is 2.46. The molecule has 4 nitrogen and oxygen atoms in total. The summed E-state index contributed by atoms with van der Waals surface area (Å²) in [6.07, 6.45) is 10.7. The molecule has 4 heteroatoms. The molecule has 0 radical (unpaired) electrons. The van der Waals surface area contributed by atoms with Crippen LogP contribution in [-0.2, 0) is 0 Å². The molecule has 1 aliphatic rings. The summed E-state index contributed by atoms with van der Waals surface area (Å²) in [6.45, 7) is 3.82. The molecular formula is C13H16N4. The molecule has 1 aromatic rings. The predicted molar refractivity (Wildman–Crippen MR) is 66.4 cm³/mol. The van der Waals surface area contributed by atoms with Crippen molar-refractivity contribution < 1.29 is 0 Å². The molecule has 0 spiro atoms. The van der Waals surface area contributed by atoms with Crippen LogP contribution < -0.4 is 5.32 Å². The highest BCUT2D eigenvalue weighted by atomic mass is 15.1. The number of nitrogens with one attached hydrogen (secondary N) is 1. The number of hydrogen-bond donors (Lipinski definition) is 1. The van der Waals surface area contributed by atoms with Crippen LogP contribution in [0.1, 0.15) is 37.8 Å². The lowest BCUT2D eigenvalue weighted by atomic mass is 9.93. The van der Waals surface area contributed by atoms with Gasteiger partial charge in [-0.2, -0.15) is 5.26 Å². The average Bonchev–Trinajstić information content (AvgIpc) is 2.78. The Labute approximate surface area is 101 Å². The Morgan fingerprint density at radius 2 is 2.24 bits per heavy atom. The number of anilines is 1. The van der Waals surface area contributed by atoms with E-state index in [-0.39, 0.29) is 5.54 Å². The van der Waals surface area contributed by atoms with Crippen molar-refractivity contribution in [2.45, 2.75) is 37.6 Å². The Kier molecular flexibility index (Phi) is 3.38. The third-order valence-corrected chi connectivity index (χ3v) is 3.24. The van der Waals surface area contributed by atoms with Crippen LogP contribution in [0, 0.1) is 11.3 Å². The second kappa shape index (κ2) is 4.96. The first-order valence-corrected chi connectivity index (χ1v) is 5.89. The maximum atomic E-state index is 8.79. The minimum Gasteiger partial charge on any atom is -0.363 e. The van der Waals surface area contributed by atoms with Gasteiger partial charge in [-0.15, -0.1) is 6.58 Å². The summed E-state index contributed by atoms with van der Waals surface area (Å²) in [5, 5.41) is 12.2. The molecule has 2 rings (SSSR count). The van der Waals surface area contributed by atoms with Gasteiger partial charge in [0.2, 0.25) is 0 Å². The maximum absolute atomic E-state index is 8.79. The van der Waals surface area contributed by atoms with Crippen molar-refractivity contribution in [3.8, 4) is 6.07 Å². The summed E-state index contributed by atoms with van der Waals surface area (Å²) in [7, 11) is 0. The van der Waals surface area contributed by atoms with Crippen LogP contribution in [-0.4, -0.2) is 15.5 Å². The van der Waals surface area contributed by atoms with Crippen molar-refractivity contribution in [2.75, 3.05) is 5.32 Å². The maximum Gasteiger partial charge on any atom is 0.161 e. The van der Waals surface area contributed by atoms with Gasteiger partial charge in [-0.05, 0) is 19.3 Å². The zero-order valence-electron chi connectivity index (χ0n) is 9.82. The summed E-state index contributed by atoms with van der Waals surface area (Å²) in [5.74, 6) is 0.688. The summed E-state index contributed by atoms with van der Waals surface area (Å²) in [5.41, 5.74) is 0.409. The normalized spacial score (nSPS) is 17.4. The van der Waals surface area contributed by atoms with Gasteiger partial charge < -0.3 is 5.32 Å². The summed E-state index contributed by atoms with van der Waals surface area (Å²) in [4.78, 5) is 8.23. The molecule has 0 aliphatic heterocycles. The van der Waals surface area contributed by atoms with Crippen LogP contribution in [0.4, 0.5) is 5.82 Å². The summed E-state index contributed by atoms with van der Waals surface area (Å²) >= 11 is 0. The molecule has 0 atom stereocenters. The van der Waals surface area contributed by atoms with Crippen LogP contribution in [0.2, 0.25) is 0 Å². The predicted octanol–water partition coefficient (Wildman–Crippen LogP) is 2.65. The molecule has 0 saturated heterocycles. The van der Waals surface area contributed by atoms with Gasteiger partial charge in [0.05, 0.1) is 12.4 Å². The van der Waals surface area contributed by atoms with Gasteiger partial charge in [0, 0.05) is 5.54 Å².